The van der Waals surface area contributed by atoms with Gasteiger partial charge in [-0.2, -0.15) is 10.4 Å². The summed E-state index contributed by atoms with van der Waals surface area (Å²) in [7, 11) is 0. The van der Waals surface area contributed by atoms with Crippen LogP contribution in [-0.2, 0) is 25.5 Å². The highest BCUT2D eigenvalue weighted by atomic mass is 16.5. The zero-order valence-electron chi connectivity index (χ0n) is 22.5. The monoisotopic (exact) mass is 536 g/mol. The summed E-state index contributed by atoms with van der Waals surface area (Å²) < 4.78 is 12.6. The van der Waals surface area contributed by atoms with Crippen molar-refractivity contribution in [3.05, 3.63) is 82.6 Å². The van der Waals surface area contributed by atoms with E-state index in [1.807, 2.05) is 61.7 Å². The summed E-state index contributed by atoms with van der Waals surface area (Å²) >= 11 is 0. The van der Waals surface area contributed by atoms with Gasteiger partial charge >= 0.3 is 5.97 Å². The van der Waals surface area contributed by atoms with Crippen molar-refractivity contribution in [1.29, 1.82) is 5.26 Å². The Morgan fingerprint density at radius 3 is 2.70 bits per heavy atom. The highest BCUT2D eigenvalue weighted by Crippen LogP contribution is 2.35. The molecule has 2 aliphatic rings. The highest BCUT2D eigenvalue weighted by molar-refractivity contribution is 6.19. The Bertz CT molecular complexity index is 1610. The van der Waals surface area contributed by atoms with E-state index in [-0.39, 0.29) is 36.8 Å². The van der Waals surface area contributed by atoms with E-state index in [0.29, 0.717) is 16.8 Å². The number of hydrogen-bond donors (Lipinski definition) is 0. The molecule has 0 radical (unpaired) electrons. The fourth-order valence-corrected chi connectivity index (χ4v) is 4.93. The number of hydrogen-bond acceptors (Lipinski definition) is 7. The number of benzene rings is 2. The van der Waals surface area contributed by atoms with Gasteiger partial charge in [0.15, 0.2) is 0 Å². The smallest absolute Gasteiger partial charge is 0.302 e. The average Bonchev–Trinajstić information content (AvgIpc) is 3.53. The molecule has 202 valence electrons. The molecule has 3 heterocycles. The molecule has 0 N–H and O–H groups in total. The Morgan fingerprint density at radius 1 is 1.20 bits per heavy atom. The van der Waals surface area contributed by atoms with Gasteiger partial charge in [0.25, 0.3) is 11.8 Å². The van der Waals surface area contributed by atoms with Crippen molar-refractivity contribution in [2.24, 2.45) is 0 Å². The molecule has 9 nitrogen and oxygen atoms in total. The molecule has 0 bridgehead atoms. The van der Waals surface area contributed by atoms with Crippen LogP contribution in [0.25, 0.3) is 23.0 Å². The maximum atomic E-state index is 13.6. The van der Waals surface area contributed by atoms with E-state index < -0.39 is 17.8 Å². The Labute approximate surface area is 231 Å². The molecule has 40 heavy (non-hydrogen) atoms. The second-order valence-electron chi connectivity index (χ2n) is 9.79. The lowest BCUT2D eigenvalue weighted by molar-refractivity contribution is -0.141. The summed E-state index contributed by atoms with van der Waals surface area (Å²) in [6.07, 6.45) is 4.66. The first-order valence-electron chi connectivity index (χ1n) is 13.0. The number of rotatable bonds is 7. The van der Waals surface area contributed by atoms with Crippen molar-refractivity contribution in [2.45, 2.75) is 39.7 Å². The molecule has 3 aromatic rings. The minimum absolute atomic E-state index is 0.0138. The highest BCUT2D eigenvalue weighted by Gasteiger charge is 2.35. The topological polar surface area (TPSA) is 115 Å². The molecule has 1 unspecified atom stereocenters. The van der Waals surface area contributed by atoms with Crippen LogP contribution in [0.4, 0.5) is 0 Å². The Morgan fingerprint density at radius 2 is 1.98 bits per heavy atom. The Balaban J connectivity index is 1.59. The molecule has 0 spiro atoms. The number of aromatic nitrogens is 2. The van der Waals surface area contributed by atoms with Crippen molar-refractivity contribution < 1.29 is 23.9 Å². The molecular formula is C31H28N4O5. The first-order chi connectivity index (χ1) is 19.3. The van der Waals surface area contributed by atoms with E-state index in [1.54, 1.807) is 17.7 Å². The van der Waals surface area contributed by atoms with Crippen LogP contribution >= 0.6 is 0 Å². The number of esters is 1. The molecule has 2 aliphatic heterocycles. The number of para-hydroxylation sites is 1. The molecule has 1 aromatic heterocycles. The third-order valence-corrected chi connectivity index (χ3v) is 6.89. The van der Waals surface area contributed by atoms with E-state index >= 15 is 0 Å². The van der Waals surface area contributed by atoms with Gasteiger partial charge in [-0.1, -0.05) is 18.2 Å². The molecule has 0 saturated carbocycles. The first-order valence-corrected chi connectivity index (χ1v) is 13.0. The quantitative estimate of drug-likeness (QED) is 0.190. The van der Waals surface area contributed by atoms with Crippen LogP contribution in [0.3, 0.4) is 0 Å². The van der Waals surface area contributed by atoms with Crippen LogP contribution in [0, 0.1) is 11.3 Å². The summed E-state index contributed by atoms with van der Waals surface area (Å²) in [5, 5.41) is 14.6. The van der Waals surface area contributed by atoms with Crippen molar-refractivity contribution >= 4 is 23.9 Å². The predicted molar refractivity (Wildman–Crippen MR) is 147 cm³/mol. The van der Waals surface area contributed by atoms with Crippen LogP contribution in [0.15, 0.2) is 71.4 Å². The van der Waals surface area contributed by atoms with Crippen LogP contribution in [0.5, 0.6) is 5.75 Å². The zero-order chi connectivity index (χ0) is 28.4. The normalized spacial score (nSPS) is 17.6. The lowest BCUT2D eigenvalue weighted by atomic mass is 9.93. The van der Waals surface area contributed by atoms with E-state index in [0.717, 1.165) is 33.9 Å². The van der Waals surface area contributed by atoms with Crippen molar-refractivity contribution in [2.75, 3.05) is 13.2 Å². The number of amides is 2. The molecular weight excluding hydrogens is 508 g/mol. The van der Waals surface area contributed by atoms with Gasteiger partial charge in [-0.3, -0.25) is 19.3 Å². The molecule has 2 aromatic carbocycles. The van der Waals surface area contributed by atoms with E-state index in [4.69, 9.17) is 14.6 Å². The van der Waals surface area contributed by atoms with Gasteiger partial charge in [0.1, 0.15) is 23.5 Å². The van der Waals surface area contributed by atoms with E-state index in [1.165, 1.54) is 6.92 Å². The summed E-state index contributed by atoms with van der Waals surface area (Å²) in [5.41, 5.74) is 4.53. The summed E-state index contributed by atoms with van der Waals surface area (Å²) in [6, 6.07) is 17.5. The number of fused-ring (bicyclic) bond motifs is 1. The lowest BCUT2D eigenvalue weighted by Crippen LogP contribution is -2.43. The number of nitriles is 1. The molecule has 9 heteroatoms. The molecule has 1 atom stereocenters. The summed E-state index contributed by atoms with van der Waals surface area (Å²) in [4.78, 5) is 38.7. The van der Waals surface area contributed by atoms with Crippen molar-refractivity contribution in [3.63, 3.8) is 0 Å². The first kappa shape index (κ1) is 26.6. The average molecular weight is 537 g/mol. The maximum Gasteiger partial charge on any atom is 0.302 e. The molecule has 0 fully saturated rings. The zero-order valence-corrected chi connectivity index (χ0v) is 22.5. The van der Waals surface area contributed by atoms with Crippen LogP contribution in [0.2, 0.25) is 0 Å². The number of ether oxygens (including phenoxy) is 2. The molecule has 0 saturated heterocycles. The minimum Gasteiger partial charge on any atom is -0.490 e. The maximum absolute atomic E-state index is 13.6. The largest absolute Gasteiger partial charge is 0.490 e. The third kappa shape index (κ3) is 5.16. The van der Waals surface area contributed by atoms with E-state index in [2.05, 4.69) is 6.07 Å². The van der Waals surface area contributed by atoms with Gasteiger partial charge in [0.05, 0.1) is 18.0 Å². The Kier molecular flexibility index (Phi) is 7.34. The third-order valence-electron chi connectivity index (χ3n) is 6.89. The van der Waals surface area contributed by atoms with Crippen LogP contribution in [0.1, 0.15) is 38.3 Å². The number of carbonyl (C=O) groups excluding carboxylic acids is 3. The molecule has 0 aliphatic carbocycles. The fourth-order valence-electron chi connectivity index (χ4n) is 4.93. The Hall–Kier alpha value is -4.97. The summed E-state index contributed by atoms with van der Waals surface area (Å²) in [6.45, 7) is 4.99. The minimum atomic E-state index is -0.655. The standard InChI is InChI=1S/C31H28N4O5/c1-19-14-23-15-22(10-11-28(23)40-19)29-24(18-35(33-29)25-8-5-4-6-9-25)16-26-20(2)27(17-32)31(38)34(30(26)37)12-7-13-39-21(3)36/h4-6,8-11,15-16,18-19H,7,12-14H2,1-3H3/b26-16+. The summed E-state index contributed by atoms with van der Waals surface area (Å²) in [5.74, 6) is -0.765. The number of nitrogens with zero attached hydrogens (tertiary/aromatic N) is 4. The van der Waals surface area contributed by atoms with Crippen molar-refractivity contribution in [3.8, 4) is 28.8 Å². The van der Waals surface area contributed by atoms with Gasteiger partial charge in [0.2, 0.25) is 0 Å². The van der Waals surface area contributed by atoms with E-state index in [9.17, 15) is 19.6 Å². The number of imide groups is 1. The fraction of sp³-hybridized carbons (Fsp3) is 0.258. The van der Waals surface area contributed by atoms with Gasteiger partial charge in [-0.15, -0.1) is 0 Å². The molecule has 2 amide bonds. The number of carbonyl (C=O) groups is 3. The van der Waals surface area contributed by atoms with Gasteiger partial charge in [0, 0.05) is 42.8 Å². The van der Waals surface area contributed by atoms with Crippen LogP contribution in [-0.4, -0.2) is 51.7 Å². The van der Waals surface area contributed by atoms with Gasteiger partial charge in [-0.25, -0.2) is 4.68 Å². The lowest BCUT2D eigenvalue weighted by Gasteiger charge is -2.27. The van der Waals surface area contributed by atoms with Gasteiger partial charge in [-0.05, 0) is 67.8 Å². The SMILES string of the molecule is CC(=O)OCCCN1C(=O)C(C#N)=C(C)/C(=C\c2cn(-c3ccccc3)nc2-c2ccc3c(c2)CC(C)O3)C1=O. The van der Waals surface area contributed by atoms with Gasteiger partial charge < -0.3 is 9.47 Å². The second kappa shape index (κ2) is 11.0. The second-order valence-corrected chi connectivity index (χ2v) is 9.79. The molecule has 5 rings (SSSR count). The predicted octanol–water partition coefficient (Wildman–Crippen LogP) is 4.41. The van der Waals surface area contributed by atoms with Crippen LogP contribution < -0.4 is 4.74 Å². The van der Waals surface area contributed by atoms with Crippen molar-refractivity contribution in [1.82, 2.24) is 14.7 Å².